The number of rotatable bonds is 3. The SMILES string of the molecule is Clc1nc(N2CCN(Cc3ccccc3)CC2)c2[nH]cnc2n1. The molecule has 7 heteroatoms. The van der Waals surface area contributed by atoms with E-state index in [9.17, 15) is 0 Å². The lowest BCUT2D eigenvalue weighted by Gasteiger charge is -2.35. The minimum absolute atomic E-state index is 0.242. The van der Waals surface area contributed by atoms with Crippen LogP contribution in [0.15, 0.2) is 36.7 Å². The zero-order chi connectivity index (χ0) is 15.6. The normalized spacial score (nSPS) is 16.1. The molecule has 4 rings (SSSR count). The Labute approximate surface area is 139 Å². The summed E-state index contributed by atoms with van der Waals surface area (Å²) in [6, 6.07) is 10.6. The van der Waals surface area contributed by atoms with E-state index in [0.29, 0.717) is 5.65 Å². The van der Waals surface area contributed by atoms with Crippen LogP contribution in [0.4, 0.5) is 5.82 Å². The number of aromatic nitrogens is 4. The largest absolute Gasteiger partial charge is 0.352 e. The molecule has 23 heavy (non-hydrogen) atoms. The van der Waals surface area contributed by atoms with Crippen molar-refractivity contribution in [2.24, 2.45) is 0 Å². The number of nitrogens with zero attached hydrogens (tertiary/aromatic N) is 5. The fourth-order valence-electron chi connectivity index (χ4n) is 2.98. The van der Waals surface area contributed by atoms with E-state index in [4.69, 9.17) is 11.6 Å². The van der Waals surface area contributed by atoms with Crippen LogP contribution < -0.4 is 4.90 Å². The number of benzene rings is 1. The molecule has 3 aromatic rings. The van der Waals surface area contributed by atoms with Gasteiger partial charge in [0.15, 0.2) is 11.5 Å². The second-order valence-corrected chi connectivity index (χ2v) is 6.00. The van der Waals surface area contributed by atoms with E-state index in [1.807, 2.05) is 0 Å². The average Bonchev–Trinajstić information content (AvgIpc) is 3.04. The molecule has 0 amide bonds. The zero-order valence-electron chi connectivity index (χ0n) is 12.6. The van der Waals surface area contributed by atoms with Crippen LogP contribution in [0.3, 0.4) is 0 Å². The number of hydrogen-bond acceptors (Lipinski definition) is 5. The molecule has 0 saturated carbocycles. The van der Waals surface area contributed by atoms with Crippen LogP contribution in [0.25, 0.3) is 11.2 Å². The number of aromatic amines is 1. The molecule has 0 atom stereocenters. The van der Waals surface area contributed by atoms with Gasteiger partial charge in [-0.2, -0.15) is 9.97 Å². The van der Waals surface area contributed by atoms with Gasteiger partial charge in [-0.05, 0) is 17.2 Å². The lowest BCUT2D eigenvalue weighted by Crippen LogP contribution is -2.46. The molecular weight excluding hydrogens is 312 g/mol. The summed E-state index contributed by atoms with van der Waals surface area (Å²) in [4.78, 5) is 20.5. The van der Waals surface area contributed by atoms with Crippen LogP contribution in [-0.4, -0.2) is 51.0 Å². The minimum Gasteiger partial charge on any atom is -0.352 e. The molecule has 0 spiro atoms. The number of piperazine rings is 1. The summed E-state index contributed by atoms with van der Waals surface area (Å²) in [6.07, 6.45) is 1.63. The van der Waals surface area contributed by atoms with Crippen LogP contribution in [-0.2, 0) is 6.54 Å². The van der Waals surface area contributed by atoms with Crippen molar-refractivity contribution in [1.82, 2.24) is 24.8 Å². The third kappa shape index (κ3) is 3.00. The number of fused-ring (bicyclic) bond motifs is 1. The first-order chi connectivity index (χ1) is 11.3. The van der Waals surface area contributed by atoms with Gasteiger partial charge in [0.05, 0.1) is 6.33 Å². The molecule has 0 unspecified atom stereocenters. The summed E-state index contributed by atoms with van der Waals surface area (Å²) in [6.45, 7) is 4.79. The highest BCUT2D eigenvalue weighted by Crippen LogP contribution is 2.24. The van der Waals surface area contributed by atoms with E-state index in [-0.39, 0.29) is 5.28 Å². The number of hydrogen-bond donors (Lipinski definition) is 1. The fourth-order valence-corrected chi connectivity index (χ4v) is 3.14. The molecular formula is C16H17ClN6. The highest BCUT2D eigenvalue weighted by Gasteiger charge is 2.21. The zero-order valence-corrected chi connectivity index (χ0v) is 13.4. The maximum Gasteiger partial charge on any atom is 0.226 e. The van der Waals surface area contributed by atoms with Gasteiger partial charge in [-0.25, -0.2) is 4.98 Å². The maximum absolute atomic E-state index is 6.02. The minimum atomic E-state index is 0.242. The fraction of sp³-hybridized carbons (Fsp3) is 0.312. The Morgan fingerprint density at radius 1 is 1.04 bits per heavy atom. The summed E-state index contributed by atoms with van der Waals surface area (Å²) < 4.78 is 0. The maximum atomic E-state index is 6.02. The molecule has 0 radical (unpaired) electrons. The average molecular weight is 329 g/mol. The van der Waals surface area contributed by atoms with Gasteiger partial charge >= 0.3 is 0 Å². The second kappa shape index (κ2) is 6.14. The Bertz CT molecular complexity index is 795. The van der Waals surface area contributed by atoms with Crippen molar-refractivity contribution in [1.29, 1.82) is 0 Å². The number of halogens is 1. The monoisotopic (exact) mass is 328 g/mol. The van der Waals surface area contributed by atoms with E-state index >= 15 is 0 Å². The van der Waals surface area contributed by atoms with Crippen molar-refractivity contribution in [3.05, 3.63) is 47.5 Å². The molecule has 2 aromatic heterocycles. The van der Waals surface area contributed by atoms with Crippen molar-refractivity contribution in [3.63, 3.8) is 0 Å². The van der Waals surface area contributed by atoms with Crippen LogP contribution in [0.2, 0.25) is 5.28 Å². The van der Waals surface area contributed by atoms with E-state index in [1.54, 1.807) is 6.33 Å². The first kappa shape index (κ1) is 14.4. The van der Waals surface area contributed by atoms with Crippen molar-refractivity contribution in [3.8, 4) is 0 Å². The van der Waals surface area contributed by atoms with Gasteiger partial charge < -0.3 is 9.88 Å². The number of imidazole rings is 1. The Hall–Kier alpha value is -2.18. The van der Waals surface area contributed by atoms with Gasteiger partial charge in [0, 0.05) is 32.7 Å². The van der Waals surface area contributed by atoms with Crippen molar-refractivity contribution < 1.29 is 0 Å². The topological polar surface area (TPSA) is 60.9 Å². The van der Waals surface area contributed by atoms with Gasteiger partial charge in [-0.3, -0.25) is 4.90 Å². The quantitative estimate of drug-likeness (QED) is 0.748. The molecule has 0 aliphatic carbocycles. The van der Waals surface area contributed by atoms with Crippen molar-refractivity contribution >= 4 is 28.6 Å². The summed E-state index contributed by atoms with van der Waals surface area (Å²) in [5, 5.41) is 0.242. The Balaban J connectivity index is 1.47. The van der Waals surface area contributed by atoms with Gasteiger partial charge in [-0.15, -0.1) is 0 Å². The number of nitrogens with one attached hydrogen (secondary N) is 1. The van der Waals surface area contributed by atoms with Crippen molar-refractivity contribution in [2.45, 2.75) is 6.54 Å². The summed E-state index contributed by atoms with van der Waals surface area (Å²) >= 11 is 6.02. The Morgan fingerprint density at radius 3 is 2.61 bits per heavy atom. The molecule has 6 nitrogen and oxygen atoms in total. The number of anilines is 1. The van der Waals surface area contributed by atoms with E-state index in [0.717, 1.165) is 44.1 Å². The standard InChI is InChI=1S/C16H17ClN6/c17-16-20-14-13(18-11-19-14)15(21-16)23-8-6-22(7-9-23)10-12-4-2-1-3-5-12/h1-5,11H,6-10H2,(H,18,19,20,21). The van der Waals surface area contributed by atoms with Crippen LogP contribution >= 0.6 is 11.6 Å². The number of H-pyrrole nitrogens is 1. The molecule has 1 aliphatic heterocycles. The third-order valence-electron chi connectivity index (χ3n) is 4.16. The first-order valence-corrected chi connectivity index (χ1v) is 8.05. The third-order valence-corrected chi connectivity index (χ3v) is 4.33. The van der Waals surface area contributed by atoms with Gasteiger partial charge in [0.1, 0.15) is 5.52 Å². The Kier molecular flexibility index (Phi) is 3.85. The first-order valence-electron chi connectivity index (χ1n) is 7.67. The van der Waals surface area contributed by atoms with Crippen LogP contribution in [0.5, 0.6) is 0 Å². The van der Waals surface area contributed by atoms with Crippen LogP contribution in [0, 0.1) is 0 Å². The van der Waals surface area contributed by atoms with Gasteiger partial charge in [-0.1, -0.05) is 30.3 Å². The molecule has 1 saturated heterocycles. The predicted octanol–water partition coefficient (Wildman–Crippen LogP) is 2.33. The van der Waals surface area contributed by atoms with E-state index in [2.05, 4.69) is 60.1 Å². The summed E-state index contributed by atoms with van der Waals surface area (Å²) in [5.41, 5.74) is 2.82. The van der Waals surface area contributed by atoms with E-state index < -0.39 is 0 Å². The molecule has 1 fully saturated rings. The molecule has 1 N–H and O–H groups in total. The second-order valence-electron chi connectivity index (χ2n) is 5.67. The van der Waals surface area contributed by atoms with Crippen molar-refractivity contribution in [2.75, 3.05) is 31.1 Å². The van der Waals surface area contributed by atoms with Crippen LogP contribution in [0.1, 0.15) is 5.56 Å². The molecule has 118 valence electrons. The summed E-state index contributed by atoms with van der Waals surface area (Å²) in [7, 11) is 0. The highest BCUT2D eigenvalue weighted by atomic mass is 35.5. The van der Waals surface area contributed by atoms with Gasteiger partial charge in [0.25, 0.3) is 0 Å². The molecule has 1 aromatic carbocycles. The lowest BCUT2D eigenvalue weighted by molar-refractivity contribution is 0.249. The van der Waals surface area contributed by atoms with Gasteiger partial charge in [0.2, 0.25) is 5.28 Å². The molecule has 0 bridgehead atoms. The van der Waals surface area contributed by atoms with E-state index in [1.165, 1.54) is 5.56 Å². The highest BCUT2D eigenvalue weighted by molar-refractivity contribution is 6.28. The Morgan fingerprint density at radius 2 is 1.83 bits per heavy atom. The predicted molar refractivity (Wildman–Crippen MR) is 90.6 cm³/mol. The molecule has 3 heterocycles. The molecule has 1 aliphatic rings. The lowest BCUT2D eigenvalue weighted by atomic mass is 10.2. The smallest absolute Gasteiger partial charge is 0.226 e. The summed E-state index contributed by atoms with van der Waals surface area (Å²) in [5.74, 6) is 0.844.